The van der Waals surface area contributed by atoms with E-state index in [9.17, 15) is 4.79 Å². The van der Waals surface area contributed by atoms with Crippen LogP contribution in [0, 0.1) is 0 Å². The van der Waals surface area contributed by atoms with Crippen molar-refractivity contribution in [2.45, 2.75) is 38.4 Å². The number of methoxy groups -OCH3 is 1. The number of carbonyl (C=O) groups excluding carboxylic acids is 1. The van der Waals surface area contributed by atoms with Crippen LogP contribution in [0.4, 0.5) is 0 Å². The van der Waals surface area contributed by atoms with Gasteiger partial charge in [0, 0.05) is 19.2 Å². The molecule has 21 heavy (non-hydrogen) atoms. The predicted octanol–water partition coefficient (Wildman–Crippen LogP) is 2.15. The summed E-state index contributed by atoms with van der Waals surface area (Å²) >= 11 is 0. The van der Waals surface area contributed by atoms with Crippen LogP contribution in [-0.2, 0) is 9.53 Å². The van der Waals surface area contributed by atoms with Gasteiger partial charge >= 0.3 is 0 Å². The van der Waals surface area contributed by atoms with Gasteiger partial charge in [-0.05, 0) is 31.4 Å². The smallest absolute Gasteiger partial charge is 0.261 e. The number of benzene rings is 1. The zero-order valence-corrected chi connectivity index (χ0v) is 12.6. The molecule has 0 spiro atoms. The van der Waals surface area contributed by atoms with Gasteiger partial charge in [0.05, 0.1) is 13.2 Å². The molecule has 1 aromatic carbocycles. The van der Waals surface area contributed by atoms with Gasteiger partial charge in [-0.25, -0.2) is 0 Å². The average molecular weight is 293 g/mol. The van der Waals surface area contributed by atoms with Crippen molar-refractivity contribution in [1.29, 1.82) is 0 Å². The second-order valence-electron chi connectivity index (χ2n) is 5.07. The zero-order valence-electron chi connectivity index (χ0n) is 12.6. The van der Waals surface area contributed by atoms with Crippen molar-refractivity contribution in [2.75, 3.05) is 20.3 Å². The Bertz CT molecular complexity index is 457. The van der Waals surface area contributed by atoms with Crippen molar-refractivity contribution in [3.63, 3.8) is 0 Å². The lowest BCUT2D eigenvalue weighted by Crippen LogP contribution is -2.41. The molecule has 1 N–H and O–H groups in total. The van der Waals surface area contributed by atoms with E-state index < -0.39 is 6.10 Å². The maximum atomic E-state index is 12.2. The fraction of sp³-hybridized carbons (Fsp3) is 0.562. The number of hydrogen-bond acceptors (Lipinski definition) is 4. The molecule has 0 bridgehead atoms. The molecule has 0 saturated carbocycles. The van der Waals surface area contributed by atoms with Gasteiger partial charge in [0.25, 0.3) is 5.91 Å². The van der Waals surface area contributed by atoms with E-state index in [1.807, 2.05) is 25.1 Å². The lowest BCUT2D eigenvalue weighted by Gasteiger charge is -2.19. The van der Waals surface area contributed by atoms with E-state index in [0.717, 1.165) is 19.4 Å². The third kappa shape index (κ3) is 4.63. The monoisotopic (exact) mass is 293 g/mol. The number of hydrogen-bond donors (Lipinski definition) is 1. The molecule has 5 nitrogen and oxygen atoms in total. The molecule has 1 saturated heterocycles. The minimum atomic E-state index is -0.501. The zero-order chi connectivity index (χ0) is 15.1. The average Bonchev–Trinajstić information content (AvgIpc) is 3.04. The van der Waals surface area contributed by atoms with Crippen LogP contribution in [0.2, 0.25) is 0 Å². The van der Waals surface area contributed by atoms with Gasteiger partial charge < -0.3 is 19.5 Å². The summed E-state index contributed by atoms with van der Waals surface area (Å²) in [5, 5.41) is 2.90. The first kappa shape index (κ1) is 15.6. The molecular formula is C16H23NO4. The van der Waals surface area contributed by atoms with E-state index in [1.165, 1.54) is 0 Å². The first-order valence-electron chi connectivity index (χ1n) is 7.43. The highest BCUT2D eigenvalue weighted by molar-refractivity contribution is 5.81. The van der Waals surface area contributed by atoms with Gasteiger partial charge in [-0.15, -0.1) is 0 Å². The highest BCUT2D eigenvalue weighted by Gasteiger charge is 2.21. The molecule has 1 amide bonds. The first-order valence-corrected chi connectivity index (χ1v) is 7.43. The van der Waals surface area contributed by atoms with E-state index >= 15 is 0 Å². The Morgan fingerprint density at radius 1 is 1.48 bits per heavy atom. The van der Waals surface area contributed by atoms with Gasteiger partial charge in [0.15, 0.2) is 6.10 Å². The minimum Gasteiger partial charge on any atom is -0.497 e. The Kier molecular flexibility index (Phi) is 5.87. The maximum absolute atomic E-state index is 12.2. The van der Waals surface area contributed by atoms with Crippen molar-refractivity contribution in [2.24, 2.45) is 0 Å². The van der Waals surface area contributed by atoms with Crippen LogP contribution in [0.5, 0.6) is 11.5 Å². The van der Waals surface area contributed by atoms with Gasteiger partial charge in [-0.2, -0.15) is 0 Å². The fourth-order valence-corrected chi connectivity index (χ4v) is 2.29. The van der Waals surface area contributed by atoms with Crippen molar-refractivity contribution < 1.29 is 19.0 Å². The summed E-state index contributed by atoms with van der Waals surface area (Å²) in [6, 6.07) is 7.27. The van der Waals surface area contributed by atoms with E-state index in [2.05, 4.69) is 5.32 Å². The summed E-state index contributed by atoms with van der Waals surface area (Å²) in [4.78, 5) is 12.2. The molecule has 0 radical (unpaired) electrons. The van der Waals surface area contributed by atoms with Crippen LogP contribution in [0.1, 0.15) is 26.2 Å². The summed E-state index contributed by atoms with van der Waals surface area (Å²) in [5.74, 6) is 1.24. The maximum Gasteiger partial charge on any atom is 0.261 e. The van der Waals surface area contributed by atoms with Crippen LogP contribution in [0.25, 0.3) is 0 Å². The third-order valence-corrected chi connectivity index (χ3v) is 3.51. The Morgan fingerprint density at radius 3 is 2.95 bits per heavy atom. The molecule has 0 unspecified atom stereocenters. The highest BCUT2D eigenvalue weighted by Crippen LogP contribution is 2.20. The molecule has 0 aliphatic carbocycles. The van der Waals surface area contributed by atoms with E-state index in [-0.39, 0.29) is 12.0 Å². The van der Waals surface area contributed by atoms with Crippen LogP contribution in [0.3, 0.4) is 0 Å². The third-order valence-electron chi connectivity index (χ3n) is 3.51. The van der Waals surface area contributed by atoms with Gasteiger partial charge in [0.1, 0.15) is 11.5 Å². The van der Waals surface area contributed by atoms with E-state index in [0.29, 0.717) is 24.5 Å². The lowest BCUT2D eigenvalue weighted by molar-refractivity contribution is -0.128. The summed E-state index contributed by atoms with van der Waals surface area (Å²) in [6.45, 7) is 3.27. The quantitative estimate of drug-likeness (QED) is 0.837. The molecule has 1 aromatic rings. The predicted molar refractivity (Wildman–Crippen MR) is 79.7 cm³/mol. The standard InChI is InChI=1S/C16H23NO4/c1-3-15(16(18)17-11-14-8-5-9-20-14)21-13-7-4-6-12(10-13)19-2/h4,6-7,10,14-15H,3,5,8-9,11H2,1-2H3,(H,17,18)/t14-,15+/m1/s1. The lowest BCUT2D eigenvalue weighted by atomic mass is 10.2. The largest absolute Gasteiger partial charge is 0.497 e. The Labute approximate surface area is 125 Å². The first-order chi connectivity index (χ1) is 10.2. The van der Waals surface area contributed by atoms with Crippen LogP contribution in [0.15, 0.2) is 24.3 Å². The molecule has 1 fully saturated rings. The Hall–Kier alpha value is -1.75. The molecule has 1 aliphatic rings. The van der Waals surface area contributed by atoms with Crippen molar-refractivity contribution in [1.82, 2.24) is 5.32 Å². The fourth-order valence-electron chi connectivity index (χ4n) is 2.29. The van der Waals surface area contributed by atoms with Gasteiger partial charge in [0.2, 0.25) is 0 Å². The van der Waals surface area contributed by atoms with Crippen molar-refractivity contribution in [3.05, 3.63) is 24.3 Å². The Balaban J connectivity index is 1.86. The summed E-state index contributed by atoms with van der Waals surface area (Å²) < 4.78 is 16.4. The topological polar surface area (TPSA) is 56.8 Å². The number of amides is 1. The van der Waals surface area contributed by atoms with Crippen molar-refractivity contribution >= 4 is 5.91 Å². The van der Waals surface area contributed by atoms with E-state index in [1.54, 1.807) is 13.2 Å². The number of nitrogens with one attached hydrogen (secondary N) is 1. The minimum absolute atomic E-state index is 0.101. The summed E-state index contributed by atoms with van der Waals surface area (Å²) in [5.41, 5.74) is 0. The summed E-state index contributed by atoms with van der Waals surface area (Å²) in [7, 11) is 1.60. The number of rotatable bonds is 7. The highest BCUT2D eigenvalue weighted by atomic mass is 16.5. The molecule has 1 aliphatic heterocycles. The number of ether oxygens (including phenoxy) is 3. The molecular weight excluding hydrogens is 270 g/mol. The second-order valence-corrected chi connectivity index (χ2v) is 5.07. The van der Waals surface area contributed by atoms with Crippen LogP contribution in [-0.4, -0.2) is 38.4 Å². The molecule has 5 heteroatoms. The normalized spacial score (nSPS) is 19.0. The molecule has 0 aromatic heterocycles. The molecule has 2 atom stereocenters. The van der Waals surface area contributed by atoms with Crippen LogP contribution >= 0.6 is 0 Å². The second kappa shape index (κ2) is 7.88. The summed E-state index contributed by atoms with van der Waals surface area (Å²) in [6.07, 6.45) is 2.32. The Morgan fingerprint density at radius 2 is 2.29 bits per heavy atom. The van der Waals surface area contributed by atoms with E-state index in [4.69, 9.17) is 14.2 Å². The van der Waals surface area contributed by atoms with Crippen molar-refractivity contribution in [3.8, 4) is 11.5 Å². The van der Waals surface area contributed by atoms with Gasteiger partial charge in [-0.1, -0.05) is 13.0 Å². The van der Waals surface area contributed by atoms with Crippen LogP contribution < -0.4 is 14.8 Å². The SMILES string of the molecule is CC[C@H](Oc1cccc(OC)c1)C(=O)NC[C@H]1CCCO1. The molecule has 2 rings (SSSR count). The molecule has 1 heterocycles. The number of carbonyl (C=O) groups is 1. The molecule has 116 valence electrons. The van der Waals surface area contributed by atoms with Gasteiger partial charge in [-0.3, -0.25) is 4.79 Å².